The molecule has 0 amide bonds. The van der Waals surface area contributed by atoms with Gasteiger partial charge in [-0.05, 0) is 18.8 Å². The normalized spacial score (nSPS) is 14.3. The molecule has 3 N–H and O–H groups in total. The number of aliphatic hydroxyl groups excluding tert-OH is 1. The molecule has 0 rings (SSSR count). The summed E-state index contributed by atoms with van der Waals surface area (Å²) in [5.74, 6) is 0.672. The first-order chi connectivity index (χ1) is 4.16. The van der Waals surface area contributed by atoms with E-state index in [-0.39, 0.29) is 6.10 Å². The Kier molecular flexibility index (Phi) is 4.72. The summed E-state index contributed by atoms with van der Waals surface area (Å²) in [5.41, 5.74) is 5.21. The Labute approximate surface area is 57.1 Å². The number of nitrogens with two attached hydrogens (primary N) is 1. The standard InChI is InChI=1S/C7H17NO/c1-6(2)3-4-7(9)5-8/h6-7,9H,3-5,8H2,1-2H3. The van der Waals surface area contributed by atoms with E-state index in [9.17, 15) is 0 Å². The summed E-state index contributed by atoms with van der Waals surface area (Å²) in [6, 6.07) is 0. The lowest BCUT2D eigenvalue weighted by molar-refractivity contribution is 0.164. The average Bonchev–Trinajstić information content (AvgIpc) is 1.83. The molecule has 2 nitrogen and oxygen atoms in total. The Morgan fingerprint density at radius 2 is 1.89 bits per heavy atom. The van der Waals surface area contributed by atoms with Gasteiger partial charge in [0, 0.05) is 6.54 Å². The van der Waals surface area contributed by atoms with Gasteiger partial charge in [-0.25, -0.2) is 0 Å². The Morgan fingerprint density at radius 1 is 1.33 bits per heavy atom. The van der Waals surface area contributed by atoms with Crippen molar-refractivity contribution in [2.24, 2.45) is 11.7 Å². The van der Waals surface area contributed by atoms with E-state index in [4.69, 9.17) is 10.8 Å². The maximum atomic E-state index is 8.98. The van der Waals surface area contributed by atoms with Gasteiger partial charge in [-0.15, -0.1) is 0 Å². The zero-order chi connectivity index (χ0) is 7.28. The van der Waals surface area contributed by atoms with Crippen molar-refractivity contribution in [3.8, 4) is 0 Å². The van der Waals surface area contributed by atoms with E-state index in [0.717, 1.165) is 12.8 Å². The Balaban J connectivity index is 3.06. The molecule has 0 saturated heterocycles. The van der Waals surface area contributed by atoms with Crippen molar-refractivity contribution in [2.45, 2.75) is 32.8 Å². The number of hydrogen-bond donors (Lipinski definition) is 2. The topological polar surface area (TPSA) is 46.2 Å². The van der Waals surface area contributed by atoms with E-state index in [1.54, 1.807) is 0 Å². The second-order valence-corrected chi connectivity index (χ2v) is 2.86. The molecule has 0 aromatic heterocycles. The van der Waals surface area contributed by atoms with Gasteiger partial charge in [0.15, 0.2) is 0 Å². The van der Waals surface area contributed by atoms with E-state index < -0.39 is 0 Å². The van der Waals surface area contributed by atoms with Crippen molar-refractivity contribution in [3.63, 3.8) is 0 Å². The molecule has 0 aliphatic carbocycles. The minimum Gasteiger partial charge on any atom is -0.392 e. The number of aliphatic hydroxyl groups is 1. The van der Waals surface area contributed by atoms with Crippen LogP contribution in [0.15, 0.2) is 0 Å². The predicted octanol–water partition coefficient (Wildman–Crippen LogP) is 0.742. The summed E-state index contributed by atoms with van der Waals surface area (Å²) in [5, 5.41) is 8.98. The molecule has 1 unspecified atom stereocenters. The first-order valence-corrected chi connectivity index (χ1v) is 3.55. The van der Waals surface area contributed by atoms with Crippen LogP contribution in [-0.4, -0.2) is 17.8 Å². The SMILES string of the molecule is CC(C)CCC(O)CN. The van der Waals surface area contributed by atoms with E-state index in [1.165, 1.54) is 0 Å². The molecule has 0 bridgehead atoms. The minimum atomic E-state index is -0.285. The third-order valence-corrected chi connectivity index (χ3v) is 1.35. The largest absolute Gasteiger partial charge is 0.392 e. The second-order valence-electron chi connectivity index (χ2n) is 2.86. The molecule has 2 heteroatoms. The van der Waals surface area contributed by atoms with Crippen molar-refractivity contribution < 1.29 is 5.11 Å². The highest BCUT2D eigenvalue weighted by molar-refractivity contribution is 4.56. The van der Waals surface area contributed by atoms with Crippen LogP contribution >= 0.6 is 0 Å². The number of hydrogen-bond acceptors (Lipinski definition) is 2. The van der Waals surface area contributed by atoms with E-state index in [1.807, 2.05) is 0 Å². The first-order valence-electron chi connectivity index (χ1n) is 3.55. The fourth-order valence-electron chi connectivity index (χ4n) is 0.644. The third-order valence-electron chi connectivity index (χ3n) is 1.35. The summed E-state index contributed by atoms with van der Waals surface area (Å²) in [6.07, 6.45) is 1.62. The molecule has 56 valence electrons. The quantitative estimate of drug-likeness (QED) is 0.591. The highest BCUT2D eigenvalue weighted by Gasteiger charge is 2.01. The molecule has 0 spiro atoms. The molecule has 0 aliphatic rings. The van der Waals surface area contributed by atoms with Crippen LogP contribution in [0.25, 0.3) is 0 Å². The van der Waals surface area contributed by atoms with Gasteiger partial charge < -0.3 is 10.8 Å². The molecule has 0 fully saturated rings. The van der Waals surface area contributed by atoms with E-state index in [2.05, 4.69) is 13.8 Å². The Hall–Kier alpha value is -0.0800. The lowest BCUT2D eigenvalue weighted by Crippen LogP contribution is -2.19. The van der Waals surface area contributed by atoms with Crippen molar-refractivity contribution in [1.82, 2.24) is 0 Å². The van der Waals surface area contributed by atoms with Gasteiger partial charge in [-0.3, -0.25) is 0 Å². The van der Waals surface area contributed by atoms with Crippen LogP contribution in [0.5, 0.6) is 0 Å². The van der Waals surface area contributed by atoms with Gasteiger partial charge >= 0.3 is 0 Å². The summed E-state index contributed by atoms with van der Waals surface area (Å²) in [4.78, 5) is 0. The average molecular weight is 131 g/mol. The molecular formula is C7H17NO. The van der Waals surface area contributed by atoms with Crippen molar-refractivity contribution >= 4 is 0 Å². The molecule has 0 aliphatic heterocycles. The van der Waals surface area contributed by atoms with Crippen LogP contribution in [0, 0.1) is 5.92 Å². The molecule has 0 aromatic rings. The molecule has 0 radical (unpaired) electrons. The van der Waals surface area contributed by atoms with Crippen molar-refractivity contribution in [2.75, 3.05) is 6.54 Å². The van der Waals surface area contributed by atoms with Gasteiger partial charge in [-0.1, -0.05) is 13.8 Å². The van der Waals surface area contributed by atoms with Crippen LogP contribution in [0.2, 0.25) is 0 Å². The van der Waals surface area contributed by atoms with Gasteiger partial charge in [0.2, 0.25) is 0 Å². The lowest BCUT2D eigenvalue weighted by atomic mass is 10.1. The molecule has 0 saturated carbocycles. The molecule has 0 heterocycles. The predicted molar refractivity (Wildman–Crippen MR) is 39.1 cm³/mol. The van der Waals surface area contributed by atoms with Crippen LogP contribution < -0.4 is 5.73 Å². The second kappa shape index (κ2) is 4.77. The van der Waals surface area contributed by atoms with Crippen LogP contribution in [-0.2, 0) is 0 Å². The molecule has 0 aromatic carbocycles. The van der Waals surface area contributed by atoms with Gasteiger partial charge in [0.25, 0.3) is 0 Å². The van der Waals surface area contributed by atoms with Crippen LogP contribution in [0.3, 0.4) is 0 Å². The monoisotopic (exact) mass is 131 g/mol. The fourth-order valence-corrected chi connectivity index (χ4v) is 0.644. The Bertz CT molecular complexity index is 63.9. The maximum Gasteiger partial charge on any atom is 0.0662 e. The minimum absolute atomic E-state index is 0.285. The number of rotatable bonds is 4. The van der Waals surface area contributed by atoms with Crippen molar-refractivity contribution in [1.29, 1.82) is 0 Å². The summed E-state index contributed by atoms with van der Waals surface area (Å²) in [7, 11) is 0. The smallest absolute Gasteiger partial charge is 0.0662 e. The van der Waals surface area contributed by atoms with Crippen LogP contribution in [0.1, 0.15) is 26.7 Å². The third kappa shape index (κ3) is 5.80. The lowest BCUT2D eigenvalue weighted by Gasteiger charge is -2.08. The Morgan fingerprint density at radius 3 is 2.22 bits per heavy atom. The molecule has 9 heavy (non-hydrogen) atoms. The zero-order valence-corrected chi connectivity index (χ0v) is 6.30. The van der Waals surface area contributed by atoms with E-state index in [0.29, 0.717) is 12.5 Å². The highest BCUT2D eigenvalue weighted by Crippen LogP contribution is 2.05. The molecule has 1 atom stereocenters. The first kappa shape index (κ1) is 8.92. The van der Waals surface area contributed by atoms with Gasteiger partial charge in [0.05, 0.1) is 6.10 Å². The van der Waals surface area contributed by atoms with Gasteiger partial charge in [-0.2, -0.15) is 0 Å². The highest BCUT2D eigenvalue weighted by atomic mass is 16.3. The maximum absolute atomic E-state index is 8.98. The van der Waals surface area contributed by atoms with E-state index >= 15 is 0 Å². The summed E-state index contributed by atoms with van der Waals surface area (Å²) >= 11 is 0. The van der Waals surface area contributed by atoms with Crippen LogP contribution in [0.4, 0.5) is 0 Å². The van der Waals surface area contributed by atoms with Gasteiger partial charge in [0.1, 0.15) is 0 Å². The fraction of sp³-hybridized carbons (Fsp3) is 1.00. The zero-order valence-electron chi connectivity index (χ0n) is 6.30. The van der Waals surface area contributed by atoms with Crippen molar-refractivity contribution in [3.05, 3.63) is 0 Å². The summed E-state index contributed by atoms with van der Waals surface area (Å²) in [6.45, 7) is 4.68. The summed E-state index contributed by atoms with van der Waals surface area (Å²) < 4.78 is 0. The molecular weight excluding hydrogens is 114 g/mol.